The number of nitrogens with two attached hydrogens (primary N) is 1. The Morgan fingerprint density at radius 2 is 2.36 bits per heavy atom. The molecular formula is C9H9N3OS. The average molecular weight is 207 g/mol. The highest BCUT2D eigenvalue weighted by atomic mass is 32.1. The van der Waals surface area contributed by atoms with Gasteiger partial charge in [0, 0.05) is 18.1 Å². The predicted octanol–water partition coefficient (Wildman–Crippen LogP) is 1.79. The van der Waals surface area contributed by atoms with Crippen molar-refractivity contribution in [2.75, 3.05) is 0 Å². The Morgan fingerprint density at radius 1 is 1.43 bits per heavy atom. The quantitative estimate of drug-likeness (QED) is 0.833. The Kier molecular flexibility index (Phi) is 2.71. The molecule has 0 radical (unpaired) electrons. The zero-order valence-corrected chi connectivity index (χ0v) is 8.20. The maximum absolute atomic E-state index is 5.51. The Hall–Kier alpha value is -1.46. The summed E-state index contributed by atoms with van der Waals surface area (Å²) >= 11 is 1.22. The second kappa shape index (κ2) is 4.17. The van der Waals surface area contributed by atoms with Gasteiger partial charge < -0.3 is 10.5 Å². The van der Waals surface area contributed by atoms with Gasteiger partial charge in [0.2, 0.25) is 0 Å². The number of benzene rings is 1. The van der Waals surface area contributed by atoms with E-state index in [-0.39, 0.29) is 0 Å². The Labute approximate surface area is 85.5 Å². The van der Waals surface area contributed by atoms with Crippen LogP contribution in [0.5, 0.6) is 10.9 Å². The minimum atomic E-state index is 0.507. The molecule has 0 saturated heterocycles. The molecule has 72 valence electrons. The molecule has 0 spiro atoms. The first-order valence-electron chi connectivity index (χ1n) is 4.12. The normalized spacial score (nSPS) is 10.1. The van der Waals surface area contributed by atoms with Crippen LogP contribution in [0.15, 0.2) is 30.6 Å². The summed E-state index contributed by atoms with van der Waals surface area (Å²) in [5.41, 5.74) is 6.55. The second-order valence-electron chi connectivity index (χ2n) is 2.66. The van der Waals surface area contributed by atoms with Crippen LogP contribution in [0.3, 0.4) is 0 Å². The fourth-order valence-electron chi connectivity index (χ4n) is 1.04. The van der Waals surface area contributed by atoms with Gasteiger partial charge in [0.15, 0.2) is 0 Å². The van der Waals surface area contributed by atoms with Gasteiger partial charge in [0.25, 0.3) is 5.19 Å². The van der Waals surface area contributed by atoms with E-state index >= 15 is 0 Å². The molecule has 0 unspecified atom stereocenters. The van der Waals surface area contributed by atoms with E-state index in [0.29, 0.717) is 11.7 Å². The molecule has 2 rings (SSSR count). The van der Waals surface area contributed by atoms with Crippen LogP contribution < -0.4 is 10.5 Å². The molecule has 0 fully saturated rings. The molecule has 2 aromatic rings. The van der Waals surface area contributed by atoms with Crippen LogP contribution in [0.1, 0.15) is 5.56 Å². The molecule has 0 aliphatic heterocycles. The van der Waals surface area contributed by atoms with Crippen molar-refractivity contribution in [3.8, 4) is 10.9 Å². The molecule has 5 heteroatoms. The van der Waals surface area contributed by atoms with Crippen molar-refractivity contribution in [3.63, 3.8) is 0 Å². The first-order chi connectivity index (χ1) is 6.88. The first-order valence-corrected chi connectivity index (χ1v) is 4.89. The van der Waals surface area contributed by atoms with Gasteiger partial charge in [-0.05, 0) is 17.7 Å². The summed E-state index contributed by atoms with van der Waals surface area (Å²) in [5.74, 6) is 0.740. The zero-order valence-electron chi connectivity index (χ0n) is 7.38. The molecule has 0 aliphatic rings. The van der Waals surface area contributed by atoms with Crippen LogP contribution in [0, 0.1) is 0 Å². The van der Waals surface area contributed by atoms with E-state index in [9.17, 15) is 0 Å². The monoisotopic (exact) mass is 207 g/mol. The zero-order chi connectivity index (χ0) is 9.80. The Morgan fingerprint density at radius 3 is 3.07 bits per heavy atom. The lowest BCUT2D eigenvalue weighted by molar-refractivity contribution is 0.478. The van der Waals surface area contributed by atoms with Crippen LogP contribution in [0.25, 0.3) is 0 Å². The highest BCUT2D eigenvalue weighted by Gasteiger charge is 2.00. The molecule has 1 aromatic heterocycles. The van der Waals surface area contributed by atoms with Crippen LogP contribution in [0.2, 0.25) is 0 Å². The first kappa shape index (κ1) is 9.11. The third kappa shape index (κ3) is 2.07. The van der Waals surface area contributed by atoms with E-state index in [1.54, 1.807) is 0 Å². The lowest BCUT2D eigenvalue weighted by Gasteiger charge is -2.02. The van der Waals surface area contributed by atoms with Gasteiger partial charge in [-0.2, -0.15) is 9.36 Å². The van der Waals surface area contributed by atoms with E-state index in [1.807, 2.05) is 24.3 Å². The van der Waals surface area contributed by atoms with Gasteiger partial charge in [-0.1, -0.05) is 12.1 Å². The Balaban J connectivity index is 2.17. The molecule has 0 bridgehead atoms. The van der Waals surface area contributed by atoms with Crippen LogP contribution in [0.4, 0.5) is 0 Å². The molecule has 1 heterocycles. The summed E-state index contributed by atoms with van der Waals surface area (Å²) in [6.07, 6.45) is 1.47. The number of hydrogen-bond donors (Lipinski definition) is 1. The summed E-state index contributed by atoms with van der Waals surface area (Å²) in [4.78, 5) is 3.92. The molecule has 0 saturated carbocycles. The average Bonchev–Trinajstić information content (AvgIpc) is 2.71. The van der Waals surface area contributed by atoms with E-state index in [4.69, 9.17) is 10.5 Å². The lowest BCUT2D eigenvalue weighted by Crippen LogP contribution is -1.95. The van der Waals surface area contributed by atoms with Crippen molar-refractivity contribution >= 4 is 11.5 Å². The largest absolute Gasteiger partial charge is 0.430 e. The lowest BCUT2D eigenvalue weighted by atomic mass is 10.2. The summed E-state index contributed by atoms with van der Waals surface area (Å²) in [7, 11) is 0. The van der Waals surface area contributed by atoms with E-state index < -0.39 is 0 Å². The maximum atomic E-state index is 5.51. The van der Waals surface area contributed by atoms with E-state index in [1.165, 1.54) is 17.9 Å². The molecule has 0 atom stereocenters. The van der Waals surface area contributed by atoms with Gasteiger partial charge in [-0.15, -0.1) is 0 Å². The second-order valence-corrected chi connectivity index (χ2v) is 3.40. The molecule has 14 heavy (non-hydrogen) atoms. The van der Waals surface area contributed by atoms with Crippen molar-refractivity contribution in [3.05, 3.63) is 36.2 Å². The van der Waals surface area contributed by atoms with Crippen molar-refractivity contribution in [1.29, 1.82) is 0 Å². The standard InChI is InChI=1S/C9H9N3OS/c10-5-7-2-1-3-8(4-7)13-9-11-6-12-14-9/h1-4,6H,5,10H2. The van der Waals surface area contributed by atoms with Gasteiger partial charge >= 0.3 is 0 Å². The van der Waals surface area contributed by atoms with Gasteiger partial charge in [0.05, 0.1) is 0 Å². The number of hydrogen-bond acceptors (Lipinski definition) is 5. The maximum Gasteiger partial charge on any atom is 0.298 e. The van der Waals surface area contributed by atoms with Gasteiger partial charge in [-0.3, -0.25) is 0 Å². The highest BCUT2D eigenvalue weighted by Crippen LogP contribution is 2.22. The number of ether oxygens (including phenoxy) is 1. The molecule has 4 nitrogen and oxygen atoms in total. The number of rotatable bonds is 3. The smallest absolute Gasteiger partial charge is 0.298 e. The summed E-state index contributed by atoms with van der Waals surface area (Å²) < 4.78 is 9.29. The van der Waals surface area contributed by atoms with Gasteiger partial charge in [0.1, 0.15) is 12.1 Å². The minimum Gasteiger partial charge on any atom is -0.430 e. The molecule has 0 amide bonds. The fourth-order valence-corrected chi connectivity index (χ4v) is 1.46. The van der Waals surface area contributed by atoms with Crippen molar-refractivity contribution < 1.29 is 4.74 Å². The molecule has 1 aromatic carbocycles. The topological polar surface area (TPSA) is 61.0 Å². The van der Waals surface area contributed by atoms with Gasteiger partial charge in [-0.25, -0.2) is 0 Å². The fraction of sp³-hybridized carbons (Fsp3) is 0.111. The predicted molar refractivity (Wildman–Crippen MR) is 54.3 cm³/mol. The molecular weight excluding hydrogens is 198 g/mol. The number of nitrogens with zero attached hydrogens (tertiary/aromatic N) is 2. The molecule has 0 aliphatic carbocycles. The highest BCUT2D eigenvalue weighted by molar-refractivity contribution is 7.07. The van der Waals surface area contributed by atoms with Crippen molar-refractivity contribution in [2.24, 2.45) is 5.73 Å². The summed E-state index contributed by atoms with van der Waals surface area (Å²) in [5, 5.41) is 0.541. The minimum absolute atomic E-state index is 0.507. The summed E-state index contributed by atoms with van der Waals surface area (Å²) in [6.45, 7) is 0.507. The Bertz CT molecular complexity index is 402. The molecule has 2 N–H and O–H groups in total. The van der Waals surface area contributed by atoms with Crippen LogP contribution in [-0.2, 0) is 6.54 Å². The third-order valence-corrected chi connectivity index (χ3v) is 2.23. The third-order valence-electron chi connectivity index (χ3n) is 1.68. The van der Waals surface area contributed by atoms with E-state index in [0.717, 1.165) is 11.3 Å². The van der Waals surface area contributed by atoms with Crippen LogP contribution >= 0.6 is 11.5 Å². The van der Waals surface area contributed by atoms with Crippen LogP contribution in [-0.4, -0.2) is 9.36 Å². The van der Waals surface area contributed by atoms with Crippen molar-refractivity contribution in [2.45, 2.75) is 6.54 Å². The van der Waals surface area contributed by atoms with E-state index in [2.05, 4.69) is 9.36 Å². The SMILES string of the molecule is NCc1cccc(Oc2ncns2)c1. The number of aromatic nitrogens is 2. The van der Waals surface area contributed by atoms with Crippen molar-refractivity contribution in [1.82, 2.24) is 9.36 Å². The summed E-state index contributed by atoms with van der Waals surface area (Å²) in [6, 6.07) is 7.60.